The van der Waals surface area contributed by atoms with Gasteiger partial charge in [-0.1, -0.05) is 47.1 Å². The zero-order valence-electron chi connectivity index (χ0n) is 12.9. The molecule has 1 nitrogen and oxygen atoms in total. The van der Waals surface area contributed by atoms with Crippen LogP contribution < -0.4 is 5.32 Å². The fourth-order valence-electron chi connectivity index (χ4n) is 2.69. The first kappa shape index (κ1) is 16.2. The highest BCUT2D eigenvalue weighted by Gasteiger charge is 2.18. The quantitative estimate of drug-likeness (QED) is 0.798. The van der Waals surface area contributed by atoms with Gasteiger partial charge in [-0.15, -0.1) is 0 Å². The monoisotopic (exact) mass is 349 g/mol. The highest BCUT2D eigenvalue weighted by atomic mass is 79.9. The van der Waals surface area contributed by atoms with Crippen LogP contribution in [0.25, 0.3) is 0 Å². The Kier molecular flexibility index (Phi) is 5.17. The van der Waals surface area contributed by atoms with Crippen LogP contribution >= 0.6 is 15.9 Å². The Labute approximate surface area is 134 Å². The van der Waals surface area contributed by atoms with Crippen molar-refractivity contribution in [2.45, 2.75) is 33.7 Å². The van der Waals surface area contributed by atoms with Gasteiger partial charge in [-0.05, 0) is 61.2 Å². The second kappa shape index (κ2) is 6.71. The van der Waals surface area contributed by atoms with E-state index in [1.165, 1.54) is 11.1 Å². The Hall–Kier alpha value is -1.19. The molecule has 1 atom stereocenters. The van der Waals surface area contributed by atoms with Gasteiger partial charge in [-0.3, -0.25) is 0 Å². The predicted molar refractivity (Wildman–Crippen MR) is 90.3 cm³/mol. The van der Waals surface area contributed by atoms with Crippen molar-refractivity contribution in [3.63, 3.8) is 0 Å². The molecule has 21 heavy (non-hydrogen) atoms. The van der Waals surface area contributed by atoms with Crippen molar-refractivity contribution in [1.29, 1.82) is 0 Å². The van der Waals surface area contributed by atoms with Crippen LogP contribution in [0.3, 0.4) is 0 Å². The first-order chi connectivity index (χ1) is 9.95. The molecule has 2 rings (SSSR count). The maximum absolute atomic E-state index is 13.9. The highest BCUT2D eigenvalue weighted by molar-refractivity contribution is 9.10. The van der Waals surface area contributed by atoms with E-state index in [4.69, 9.17) is 0 Å². The minimum atomic E-state index is -0.111. The summed E-state index contributed by atoms with van der Waals surface area (Å²) in [6, 6.07) is 10.2. The summed E-state index contributed by atoms with van der Waals surface area (Å²) in [6.07, 6.45) is 0. The largest absolute Gasteiger partial charge is 0.307 e. The van der Waals surface area contributed by atoms with E-state index in [9.17, 15) is 4.39 Å². The van der Waals surface area contributed by atoms with Crippen LogP contribution in [0, 0.1) is 26.6 Å². The van der Waals surface area contributed by atoms with E-state index in [-0.39, 0.29) is 11.9 Å². The standard InChI is InChI=1S/C18H21BrFN/c1-5-21-18(15-7-6-8-16(19)13(15)4)14-9-11(2)17(20)12(3)10-14/h6-10,18,21H,5H2,1-4H3. The highest BCUT2D eigenvalue weighted by Crippen LogP contribution is 2.30. The van der Waals surface area contributed by atoms with Crippen molar-refractivity contribution >= 4 is 15.9 Å². The van der Waals surface area contributed by atoms with Crippen LogP contribution in [0.15, 0.2) is 34.8 Å². The normalized spacial score (nSPS) is 12.5. The Morgan fingerprint density at radius 3 is 2.33 bits per heavy atom. The van der Waals surface area contributed by atoms with Gasteiger partial charge in [0, 0.05) is 4.47 Å². The molecule has 112 valence electrons. The lowest BCUT2D eigenvalue weighted by Crippen LogP contribution is -2.23. The first-order valence-corrected chi connectivity index (χ1v) is 8.00. The number of benzene rings is 2. The van der Waals surface area contributed by atoms with Crippen LogP contribution in [-0.4, -0.2) is 6.54 Å². The maximum Gasteiger partial charge on any atom is 0.129 e. The molecule has 1 unspecified atom stereocenters. The van der Waals surface area contributed by atoms with Gasteiger partial charge < -0.3 is 5.32 Å². The van der Waals surface area contributed by atoms with Crippen LogP contribution in [0.2, 0.25) is 0 Å². The van der Waals surface area contributed by atoms with Gasteiger partial charge in [0.2, 0.25) is 0 Å². The minimum Gasteiger partial charge on any atom is -0.307 e. The van der Waals surface area contributed by atoms with Gasteiger partial charge in [0.15, 0.2) is 0 Å². The number of hydrogen-bond acceptors (Lipinski definition) is 1. The van der Waals surface area contributed by atoms with E-state index in [1.807, 2.05) is 38.1 Å². The van der Waals surface area contributed by atoms with Gasteiger partial charge in [-0.2, -0.15) is 0 Å². The number of hydrogen-bond donors (Lipinski definition) is 1. The molecule has 0 aromatic heterocycles. The smallest absolute Gasteiger partial charge is 0.129 e. The third-order valence-corrected chi connectivity index (χ3v) is 4.68. The Morgan fingerprint density at radius 1 is 1.14 bits per heavy atom. The molecule has 0 bridgehead atoms. The molecule has 0 aliphatic carbocycles. The summed E-state index contributed by atoms with van der Waals surface area (Å²) in [4.78, 5) is 0. The van der Waals surface area contributed by atoms with E-state index in [2.05, 4.69) is 41.2 Å². The molecule has 0 saturated heterocycles. The first-order valence-electron chi connectivity index (χ1n) is 7.20. The zero-order valence-corrected chi connectivity index (χ0v) is 14.5. The second-order valence-corrected chi connectivity index (χ2v) is 6.27. The number of rotatable bonds is 4. The molecule has 0 saturated carbocycles. The van der Waals surface area contributed by atoms with Gasteiger partial charge in [-0.25, -0.2) is 4.39 Å². The molecule has 3 heteroatoms. The Morgan fingerprint density at radius 2 is 1.76 bits per heavy atom. The lowest BCUT2D eigenvalue weighted by Gasteiger charge is -2.22. The molecular formula is C18H21BrFN. The summed E-state index contributed by atoms with van der Waals surface area (Å²) in [6.45, 7) is 8.69. The topological polar surface area (TPSA) is 12.0 Å². The average molecular weight is 350 g/mol. The van der Waals surface area contributed by atoms with Crippen molar-refractivity contribution in [3.05, 3.63) is 68.4 Å². The van der Waals surface area contributed by atoms with Gasteiger partial charge >= 0.3 is 0 Å². The molecule has 0 heterocycles. The molecule has 0 aliphatic rings. The molecule has 1 N–H and O–H groups in total. The molecule has 0 aliphatic heterocycles. The van der Waals surface area contributed by atoms with E-state index in [0.29, 0.717) is 11.1 Å². The average Bonchev–Trinajstić information content (AvgIpc) is 2.45. The fourth-order valence-corrected chi connectivity index (χ4v) is 3.08. The third-order valence-electron chi connectivity index (χ3n) is 3.82. The Balaban J connectivity index is 2.56. The van der Waals surface area contributed by atoms with Crippen LogP contribution in [0.4, 0.5) is 4.39 Å². The minimum absolute atomic E-state index is 0.0745. The van der Waals surface area contributed by atoms with E-state index < -0.39 is 0 Å². The number of aryl methyl sites for hydroxylation is 2. The second-order valence-electron chi connectivity index (χ2n) is 5.41. The predicted octanol–water partition coefficient (Wildman–Crippen LogP) is 5.21. The van der Waals surface area contributed by atoms with Crippen molar-refractivity contribution in [2.75, 3.05) is 6.54 Å². The van der Waals surface area contributed by atoms with Gasteiger partial charge in [0.05, 0.1) is 6.04 Å². The molecule has 0 radical (unpaired) electrons. The fraction of sp³-hybridized carbons (Fsp3) is 0.333. The summed E-state index contributed by atoms with van der Waals surface area (Å²) in [5.41, 5.74) is 4.93. The van der Waals surface area contributed by atoms with E-state index in [0.717, 1.165) is 16.6 Å². The summed E-state index contributed by atoms with van der Waals surface area (Å²) in [5, 5.41) is 3.51. The number of nitrogens with one attached hydrogen (secondary N) is 1. The summed E-state index contributed by atoms with van der Waals surface area (Å²) < 4.78 is 15.0. The van der Waals surface area contributed by atoms with Crippen LogP contribution in [0.1, 0.15) is 40.8 Å². The lowest BCUT2D eigenvalue weighted by molar-refractivity contribution is 0.597. The zero-order chi connectivity index (χ0) is 15.6. The molecule has 2 aromatic carbocycles. The maximum atomic E-state index is 13.9. The van der Waals surface area contributed by atoms with Crippen molar-refractivity contribution in [1.82, 2.24) is 5.32 Å². The molecular weight excluding hydrogens is 329 g/mol. The SMILES string of the molecule is CCNC(c1cc(C)c(F)c(C)c1)c1cccc(Br)c1C. The summed E-state index contributed by atoms with van der Waals surface area (Å²) in [5.74, 6) is -0.111. The molecule has 0 fully saturated rings. The number of halogens is 2. The van der Waals surface area contributed by atoms with E-state index >= 15 is 0 Å². The summed E-state index contributed by atoms with van der Waals surface area (Å²) in [7, 11) is 0. The Bertz CT molecular complexity index is 629. The van der Waals surface area contributed by atoms with Crippen molar-refractivity contribution in [2.24, 2.45) is 0 Å². The third kappa shape index (κ3) is 3.35. The molecule has 0 amide bonds. The molecule has 0 spiro atoms. The van der Waals surface area contributed by atoms with Crippen LogP contribution in [-0.2, 0) is 0 Å². The van der Waals surface area contributed by atoms with Crippen molar-refractivity contribution in [3.8, 4) is 0 Å². The van der Waals surface area contributed by atoms with Gasteiger partial charge in [0.1, 0.15) is 5.82 Å². The van der Waals surface area contributed by atoms with Crippen molar-refractivity contribution < 1.29 is 4.39 Å². The van der Waals surface area contributed by atoms with E-state index in [1.54, 1.807) is 0 Å². The molecule has 2 aromatic rings. The lowest BCUT2D eigenvalue weighted by atomic mass is 9.92. The van der Waals surface area contributed by atoms with Gasteiger partial charge in [0.25, 0.3) is 0 Å². The van der Waals surface area contributed by atoms with Crippen LogP contribution in [0.5, 0.6) is 0 Å². The summed E-state index contributed by atoms with van der Waals surface area (Å²) >= 11 is 3.59.